The minimum Gasteiger partial charge on any atom is -0.302 e. The van der Waals surface area contributed by atoms with Gasteiger partial charge in [-0.25, -0.2) is 0 Å². The molecule has 2 atom stereocenters. The van der Waals surface area contributed by atoms with Gasteiger partial charge in [0.05, 0.1) is 4.87 Å². The third-order valence-electron chi connectivity index (χ3n) is 3.03. The van der Waals surface area contributed by atoms with E-state index in [1.807, 2.05) is 0 Å². The number of nitrogens with one attached hydrogen (secondary N) is 1. The summed E-state index contributed by atoms with van der Waals surface area (Å²) in [6.45, 7) is 4.76. The molecule has 2 aliphatic heterocycles. The summed E-state index contributed by atoms with van der Waals surface area (Å²) >= 11 is 2.13. The first kappa shape index (κ1) is 8.85. The highest BCUT2D eigenvalue weighted by Gasteiger charge is 2.41. The van der Waals surface area contributed by atoms with Gasteiger partial charge in [-0.3, -0.25) is 0 Å². The molecule has 70 valence electrons. The van der Waals surface area contributed by atoms with E-state index in [-0.39, 0.29) is 0 Å². The van der Waals surface area contributed by atoms with Crippen LogP contribution in [0.25, 0.3) is 0 Å². The van der Waals surface area contributed by atoms with Crippen molar-refractivity contribution in [1.82, 2.24) is 10.2 Å². The van der Waals surface area contributed by atoms with Crippen LogP contribution >= 0.6 is 11.8 Å². The van der Waals surface area contributed by atoms with Crippen molar-refractivity contribution < 1.29 is 0 Å². The summed E-state index contributed by atoms with van der Waals surface area (Å²) in [6, 6.07) is 0.753. The van der Waals surface area contributed by atoms with E-state index in [1.54, 1.807) is 0 Å². The zero-order chi connectivity index (χ0) is 8.60. The number of thioether (sulfide) groups is 1. The molecule has 2 aliphatic rings. The third kappa shape index (κ3) is 1.50. The summed E-state index contributed by atoms with van der Waals surface area (Å²) < 4.78 is 0. The fourth-order valence-electron chi connectivity index (χ4n) is 2.20. The van der Waals surface area contributed by atoms with Crippen LogP contribution in [0.3, 0.4) is 0 Å². The molecule has 0 aromatic heterocycles. The molecule has 3 heteroatoms. The van der Waals surface area contributed by atoms with E-state index in [0.29, 0.717) is 4.87 Å². The molecule has 2 fully saturated rings. The van der Waals surface area contributed by atoms with E-state index in [0.717, 1.165) is 6.04 Å². The molecule has 0 aliphatic carbocycles. The van der Waals surface area contributed by atoms with Gasteiger partial charge < -0.3 is 10.2 Å². The molecule has 2 saturated heterocycles. The molecule has 0 radical (unpaired) electrons. The molecule has 2 nitrogen and oxygen atoms in total. The highest BCUT2D eigenvalue weighted by Crippen LogP contribution is 2.37. The minimum atomic E-state index is 0.409. The van der Waals surface area contributed by atoms with Crippen LogP contribution in [0.2, 0.25) is 0 Å². The maximum Gasteiger partial charge on any atom is 0.0788 e. The summed E-state index contributed by atoms with van der Waals surface area (Å²) in [6.07, 6.45) is 2.65. The molecule has 0 saturated carbocycles. The van der Waals surface area contributed by atoms with E-state index in [9.17, 15) is 0 Å². The number of hydrogen-bond donors (Lipinski definition) is 1. The Kier molecular flexibility index (Phi) is 2.36. The Morgan fingerprint density at radius 1 is 1.58 bits per heavy atom. The zero-order valence-corrected chi connectivity index (χ0v) is 8.78. The normalized spacial score (nSPS) is 44.0. The maximum atomic E-state index is 3.68. The second-order valence-electron chi connectivity index (χ2n) is 4.09. The van der Waals surface area contributed by atoms with Crippen LogP contribution in [-0.2, 0) is 0 Å². The molecule has 2 unspecified atom stereocenters. The second-order valence-corrected chi connectivity index (χ2v) is 5.57. The largest absolute Gasteiger partial charge is 0.302 e. The van der Waals surface area contributed by atoms with Gasteiger partial charge in [-0.05, 0) is 39.1 Å². The molecule has 2 rings (SSSR count). The fourth-order valence-corrected chi connectivity index (χ4v) is 3.73. The maximum absolute atomic E-state index is 3.68. The molecule has 0 aromatic carbocycles. The fraction of sp³-hybridized carbons (Fsp3) is 1.00. The lowest BCUT2D eigenvalue weighted by molar-refractivity contribution is 0.323. The molecule has 0 amide bonds. The Bertz CT molecular complexity index is 154. The van der Waals surface area contributed by atoms with Gasteiger partial charge in [0.15, 0.2) is 0 Å². The minimum absolute atomic E-state index is 0.409. The molecule has 0 aromatic rings. The summed E-state index contributed by atoms with van der Waals surface area (Å²) in [5.41, 5.74) is 0. The average molecular weight is 186 g/mol. The Labute approximate surface area is 79.1 Å². The lowest BCUT2D eigenvalue weighted by atomic mass is 10.2. The lowest BCUT2D eigenvalue weighted by Gasteiger charge is -2.33. The predicted octanol–water partition coefficient (Wildman–Crippen LogP) is 1.13. The number of nitrogens with zero attached hydrogens (tertiary/aromatic N) is 1. The van der Waals surface area contributed by atoms with Gasteiger partial charge in [-0.2, -0.15) is 0 Å². The van der Waals surface area contributed by atoms with E-state index >= 15 is 0 Å². The van der Waals surface area contributed by atoms with Crippen molar-refractivity contribution in [2.45, 2.75) is 30.7 Å². The van der Waals surface area contributed by atoms with Gasteiger partial charge in [0.25, 0.3) is 0 Å². The first-order valence-electron chi connectivity index (χ1n) is 4.81. The van der Waals surface area contributed by atoms with E-state index < -0.39 is 0 Å². The van der Waals surface area contributed by atoms with Crippen LogP contribution in [0.1, 0.15) is 19.8 Å². The third-order valence-corrected chi connectivity index (χ3v) is 4.51. The molecule has 0 bridgehead atoms. The lowest BCUT2D eigenvalue weighted by Crippen LogP contribution is -2.47. The highest BCUT2D eigenvalue weighted by molar-refractivity contribution is 8.00. The molecule has 2 heterocycles. The highest BCUT2D eigenvalue weighted by atomic mass is 32.2. The summed E-state index contributed by atoms with van der Waals surface area (Å²) in [5.74, 6) is 1.34. The Morgan fingerprint density at radius 3 is 2.92 bits per heavy atom. The van der Waals surface area contributed by atoms with Crippen LogP contribution in [-0.4, -0.2) is 41.7 Å². The monoisotopic (exact) mass is 186 g/mol. The SMILES string of the molecule is CC1CC2(CN1C)NCCCS2. The van der Waals surface area contributed by atoms with Crippen LogP contribution in [0.5, 0.6) is 0 Å². The molecule has 12 heavy (non-hydrogen) atoms. The van der Waals surface area contributed by atoms with Crippen LogP contribution in [0.4, 0.5) is 0 Å². The Hall–Kier alpha value is 0.270. The van der Waals surface area contributed by atoms with E-state index in [2.05, 4.69) is 35.9 Å². The van der Waals surface area contributed by atoms with Gasteiger partial charge in [-0.15, -0.1) is 11.8 Å². The van der Waals surface area contributed by atoms with Gasteiger partial charge in [0.2, 0.25) is 0 Å². The number of hydrogen-bond acceptors (Lipinski definition) is 3. The van der Waals surface area contributed by atoms with Crippen LogP contribution in [0, 0.1) is 0 Å². The zero-order valence-electron chi connectivity index (χ0n) is 7.97. The van der Waals surface area contributed by atoms with Gasteiger partial charge in [0, 0.05) is 12.6 Å². The molecular formula is C9H18N2S. The van der Waals surface area contributed by atoms with Crippen molar-refractivity contribution in [2.75, 3.05) is 25.9 Å². The summed E-state index contributed by atoms with van der Waals surface area (Å²) in [7, 11) is 2.23. The summed E-state index contributed by atoms with van der Waals surface area (Å²) in [5, 5.41) is 3.68. The molecule has 1 spiro atoms. The Morgan fingerprint density at radius 2 is 2.42 bits per heavy atom. The standard InChI is InChI=1S/C9H18N2S/c1-8-6-9(7-11(8)2)10-4-3-5-12-9/h8,10H,3-7H2,1-2H3. The van der Waals surface area contributed by atoms with Crippen LogP contribution in [0.15, 0.2) is 0 Å². The first-order chi connectivity index (χ1) is 5.72. The van der Waals surface area contributed by atoms with Crippen molar-refractivity contribution >= 4 is 11.8 Å². The van der Waals surface area contributed by atoms with Crippen molar-refractivity contribution in [3.63, 3.8) is 0 Å². The molecule has 1 N–H and O–H groups in total. The van der Waals surface area contributed by atoms with Crippen molar-refractivity contribution in [3.05, 3.63) is 0 Å². The van der Waals surface area contributed by atoms with Crippen molar-refractivity contribution in [1.29, 1.82) is 0 Å². The summed E-state index contributed by atoms with van der Waals surface area (Å²) in [4.78, 5) is 2.87. The van der Waals surface area contributed by atoms with E-state index in [1.165, 1.54) is 31.7 Å². The first-order valence-corrected chi connectivity index (χ1v) is 5.80. The van der Waals surface area contributed by atoms with Crippen molar-refractivity contribution in [2.24, 2.45) is 0 Å². The van der Waals surface area contributed by atoms with Gasteiger partial charge in [-0.1, -0.05) is 0 Å². The van der Waals surface area contributed by atoms with Crippen LogP contribution < -0.4 is 5.32 Å². The molecular weight excluding hydrogens is 168 g/mol. The van der Waals surface area contributed by atoms with Crippen molar-refractivity contribution in [3.8, 4) is 0 Å². The van der Waals surface area contributed by atoms with Gasteiger partial charge >= 0.3 is 0 Å². The average Bonchev–Trinajstić information content (AvgIpc) is 2.29. The number of likely N-dealkylation sites (N-methyl/N-ethyl adjacent to an activating group) is 1. The topological polar surface area (TPSA) is 15.3 Å². The smallest absolute Gasteiger partial charge is 0.0788 e. The Balaban J connectivity index is 2.02. The second kappa shape index (κ2) is 3.20. The number of rotatable bonds is 0. The van der Waals surface area contributed by atoms with Gasteiger partial charge in [0.1, 0.15) is 0 Å². The number of likely N-dealkylation sites (tertiary alicyclic amines) is 1. The van der Waals surface area contributed by atoms with E-state index in [4.69, 9.17) is 0 Å². The quantitative estimate of drug-likeness (QED) is 0.610. The predicted molar refractivity (Wildman–Crippen MR) is 54.5 cm³/mol.